The van der Waals surface area contributed by atoms with Crippen LogP contribution < -0.4 is 10.6 Å². The van der Waals surface area contributed by atoms with Gasteiger partial charge < -0.3 is 10.6 Å². The number of aromatic nitrogens is 2. The van der Waals surface area contributed by atoms with E-state index in [2.05, 4.69) is 15.7 Å². The van der Waals surface area contributed by atoms with Crippen LogP contribution in [-0.4, -0.2) is 21.6 Å². The third kappa shape index (κ3) is 3.77. The molecular weight excluding hydrogens is 376 g/mol. The molecule has 1 atom stereocenters. The molecule has 0 saturated carbocycles. The van der Waals surface area contributed by atoms with Crippen molar-refractivity contribution in [3.63, 3.8) is 0 Å². The molecule has 142 valence electrons. The molecule has 2 heterocycles. The lowest BCUT2D eigenvalue weighted by Gasteiger charge is -2.20. The van der Waals surface area contributed by atoms with Crippen LogP contribution in [0.2, 0.25) is 5.02 Å². The number of anilines is 1. The van der Waals surface area contributed by atoms with Crippen molar-refractivity contribution < 1.29 is 9.59 Å². The molecule has 4 rings (SSSR count). The summed E-state index contributed by atoms with van der Waals surface area (Å²) >= 11 is 6.02. The fourth-order valence-corrected chi connectivity index (χ4v) is 3.42. The normalized spacial score (nSPS) is 14.1. The molecule has 6 nitrogen and oxygen atoms in total. The lowest BCUT2D eigenvalue weighted by Crippen LogP contribution is -2.27. The van der Waals surface area contributed by atoms with E-state index in [1.165, 1.54) is 0 Å². The Balaban J connectivity index is 1.47. The molecule has 7 heteroatoms. The van der Waals surface area contributed by atoms with Crippen molar-refractivity contribution in [2.24, 2.45) is 0 Å². The van der Waals surface area contributed by atoms with Crippen LogP contribution in [0, 0.1) is 0 Å². The molecule has 0 spiro atoms. The van der Waals surface area contributed by atoms with Crippen LogP contribution in [0.3, 0.4) is 0 Å². The Labute approximate surface area is 167 Å². The number of nitrogens with one attached hydrogen (secondary N) is 2. The number of nitrogens with zero attached hydrogens (tertiary/aromatic N) is 2. The second-order valence-corrected chi connectivity index (χ2v) is 7.22. The first-order chi connectivity index (χ1) is 13.5. The molecule has 0 aliphatic carbocycles. The van der Waals surface area contributed by atoms with Crippen molar-refractivity contribution in [1.29, 1.82) is 0 Å². The number of benzene rings is 2. The maximum absolute atomic E-state index is 12.6. The monoisotopic (exact) mass is 394 g/mol. The molecule has 0 saturated heterocycles. The molecular formula is C21H19ClN4O2. The molecule has 0 bridgehead atoms. The van der Waals surface area contributed by atoms with Crippen LogP contribution >= 0.6 is 11.6 Å². The van der Waals surface area contributed by atoms with Gasteiger partial charge in [-0.05, 0) is 54.8 Å². The summed E-state index contributed by atoms with van der Waals surface area (Å²) in [6.07, 6.45) is 2.92. The Hall–Kier alpha value is -3.12. The van der Waals surface area contributed by atoms with Crippen LogP contribution in [0.25, 0.3) is 5.69 Å². The van der Waals surface area contributed by atoms with Crippen LogP contribution in [0.4, 0.5) is 5.69 Å². The lowest BCUT2D eigenvalue weighted by atomic mass is 9.98. The molecule has 3 aromatic rings. The van der Waals surface area contributed by atoms with Gasteiger partial charge in [0.25, 0.3) is 5.91 Å². The van der Waals surface area contributed by atoms with E-state index in [4.69, 9.17) is 11.6 Å². The van der Waals surface area contributed by atoms with Gasteiger partial charge in [0.1, 0.15) is 0 Å². The van der Waals surface area contributed by atoms with E-state index in [1.54, 1.807) is 29.1 Å². The van der Waals surface area contributed by atoms with Gasteiger partial charge in [-0.3, -0.25) is 9.59 Å². The van der Waals surface area contributed by atoms with Crippen molar-refractivity contribution >= 4 is 29.1 Å². The number of hydrogen-bond donors (Lipinski definition) is 2. The number of halogens is 1. The molecule has 0 radical (unpaired) electrons. The molecule has 0 fully saturated rings. The molecule has 2 N–H and O–H groups in total. The Morgan fingerprint density at radius 2 is 2.07 bits per heavy atom. The highest BCUT2D eigenvalue weighted by Gasteiger charge is 2.18. The van der Waals surface area contributed by atoms with Gasteiger partial charge in [-0.25, -0.2) is 4.68 Å². The summed E-state index contributed by atoms with van der Waals surface area (Å²) in [6.45, 7) is 1.93. The van der Waals surface area contributed by atoms with Crippen LogP contribution in [-0.2, 0) is 11.2 Å². The highest BCUT2D eigenvalue weighted by Crippen LogP contribution is 2.26. The Morgan fingerprint density at radius 1 is 1.21 bits per heavy atom. The zero-order valence-corrected chi connectivity index (χ0v) is 16.0. The van der Waals surface area contributed by atoms with E-state index < -0.39 is 0 Å². The van der Waals surface area contributed by atoms with E-state index in [0.29, 0.717) is 23.6 Å². The first-order valence-corrected chi connectivity index (χ1v) is 9.42. The van der Waals surface area contributed by atoms with Gasteiger partial charge in [-0.1, -0.05) is 29.8 Å². The van der Waals surface area contributed by atoms with Crippen molar-refractivity contribution in [3.05, 3.63) is 76.6 Å². The minimum absolute atomic E-state index is 0.0388. The predicted octanol–water partition coefficient (Wildman–Crippen LogP) is 3.90. The summed E-state index contributed by atoms with van der Waals surface area (Å²) < 4.78 is 1.62. The highest BCUT2D eigenvalue weighted by molar-refractivity contribution is 6.30. The Morgan fingerprint density at radius 3 is 2.89 bits per heavy atom. The maximum atomic E-state index is 12.6. The summed E-state index contributed by atoms with van der Waals surface area (Å²) in [7, 11) is 0. The standard InChI is InChI=1S/C21H19ClN4O2/c1-13(14-5-7-18-15(11-14)6-8-20(27)24-18)23-21(28)19-9-10-26(25-19)17-4-2-3-16(22)12-17/h2-5,7,9-13H,6,8H2,1H3,(H,23,28)(H,24,27)/t13-/m1/s1. The number of carbonyl (C=O) groups is 2. The smallest absolute Gasteiger partial charge is 0.272 e. The molecule has 2 aromatic carbocycles. The second-order valence-electron chi connectivity index (χ2n) is 6.79. The predicted molar refractivity (Wildman–Crippen MR) is 108 cm³/mol. The number of hydrogen-bond acceptors (Lipinski definition) is 3. The van der Waals surface area contributed by atoms with E-state index >= 15 is 0 Å². The van der Waals surface area contributed by atoms with Gasteiger partial charge in [0.05, 0.1) is 11.7 Å². The van der Waals surface area contributed by atoms with Gasteiger partial charge in [-0.2, -0.15) is 5.10 Å². The SMILES string of the molecule is C[C@@H](NC(=O)c1ccn(-c2cccc(Cl)c2)n1)c1ccc2c(c1)CCC(=O)N2. The van der Waals surface area contributed by atoms with E-state index in [-0.39, 0.29) is 17.9 Å². The molecule has 1 aromatic heterocycles. The van der Waals surface area contributed by atoms with Crippen molar-refractivity contribution in [3.8, 4) is 5.69 Å². The van der Waals surface area contributed by atoms with Crippen molar-refractivity contribution in [1.82, 2.24) is 15.1 Å². The summed E-state index contributed by atoms with van der Waals surface area (Å²) in [6, 6.07) is 14.6. The maximum Gasteiger partial charge on any atom is 0.272 e. The zero-order valence-electron chi connectivity index (χ0n) is 15.3. The molecule has 1 aliphatic heterocycles. The van der Waals surface area contributed by atoms with Gasteiger partial charge >= 0.3 is 0 Å². The van der Waals surface area contributed by atoms with E-state index in [1.807, 2.05) is 37.3 Å². The first kappa shape index (κ1) is 18.3. The van der Waals surface area contributed by atoms with Crippen molar-refractivity contribution in [2.75, 3.05) is 5.32 Å². The first-order valence-electron chi connectivity index (χ1n) is 9.05. The minimum atomic E-state index is -0.251. The highest BCUT2D eigenvalue weighted by atomic mass is 35.5. The number of rotatable bonds is 4. The summed E-state index contributed by atoms with van der Waals surface area (Å²) in [5, 5.41) is 10.8. The fraction of sp³-hybridized carbons (Fsp3) is 0.190. The number of fused-ring (bicyclic) bond motifs is 1. The van der Waals surface area contributed by atoms with Gasteiger partial charge in [0.2, 0.25) is 5.91 Å². The molecule has 2 amide bonds. The third-order valence-corrected chi connectivity index (χ3v) is 5.00. The van der Waals surface area contributed by atoms with Crippen LogP contribution in [0.15, 0.2) is 54.7 Å². The average Bonchev–Trinajstić information content (AvgIpc) is 3.18. The number of amides is 2. The van der Waals surface area contributed by atoms with Gasteiger partial charge in [-0.15, -0.1) is 0 Å². The zero-order chi connectivity index (χ0) is 19.7. The molecule has 0 unspecified atom stereocenters. The topological polar surface area (TPSA) is 76.0 Å². The van der Waals surface area contributed by atoms with Gasteiger partial charge in [0.15, 0.2) is 5.69 Å². The number of aryl methyl sites for hydroxylation is 1. The Kier molecular flexibility index (Phi) is 4.88. The summed E-state index contributed by atoms with van der Waals surface area (Å²) in [5.41, 5.74) is 4.04. The Bertz CT molecular complexity index is 1060. The molecule has 28 heavy (non-hydrogen) atoms. The quantitative estimate of drug-likeness (QED) is 0.704. The third-order valence-electron chi connectivity index (χ3n) is 4.77. The van der Waals surface area contributed by atoms with E-state index in [0.717, 1.165) is 22.5 Å². The lowest BCUT2D eigenvalue weighted by molar-refractivity contribution is -0.116. The minimum Gasteiger partial charge on any atom is -0.344 e. The van der Waals surface area contributed by atoms with E-state index in [9.17, 15) is 9.59 Å². The summed E-state index contributed by atoms with van der Waals surface area (Å²) in [4.78, 5) is 24.1. The fourth-order valence-electron chi connectivity index (χ4n) is 3.23. The number of carbonyl (C=O) groups excluding carboxylic acids is 2. The average molecular weight is 395 g/mol. The van der Waals surface area contributed by atoms with Crippen molar-refractivity contribution in [2.45, 2.75) is 25.8 Å². The van der Waals surface area contributed by atoms with Gasteiger partial charge in [0, 0.05) is 23.3 Å². The molecule has 1 aliphatic rings. The van der Waals surface area contributed by atoms with Crippen LogP contribution in [0.5, 0.6) is 0 Å². The van der Waals surface area contributed by atoms with Crippen LogP contribution in [0.1, 0.15) is 41.0 Å². The second kappa shape index (κ2) is 7.48. The largest absolute Gasteiger partial charge is 0.344 e. The summed E-state index contributed by atoms with van der Waals surface area (Å²) in [5.74, 6) is -0.212.